The molecule has 4 aromatic carbocycles. The minimum Gasteiger partial charge on any atom is -0.465 e. The van der Waals surface area contributed by atoms with E-state index in [1.165, 1.54) is 30.6 Å². The van der Waals surface area contributed by atoms with E-state index in [9.17, 15) is 27.9 Å². The zero-order valence-corrected chi connectivity index (χ0v) is 28.2. The fourth-order valence-corrected chi connectivity index (χ4v) is 6.73. The summed E-state index contributed by atoms with van der Waals surface area (Å²) < 4.78 is 50.9. The van der Waals surface area contributed by atoms with Gasteiger partial charge in [-0.2, -0.15) is 8.78 Å². The summed E-state index contributed by atoms with van der Waals surface area (Å²) in [5, 5.41) is 10.3. The average Bonchev–Trinajstić information content (AvgIpc) is 3.51. The van der Waals surface area contributed by atoms with Gasteiger partial charge in [-0.3, -0.25) is 4.57 Å². The number of esters is 1. The molecule has 0 bridgehead atoms. The monoisotopic (exact) mass is 769 g/mol. The van der Waals surface area contributed by atoms with E-state index in [4.69, 9.17) is 32.7 Å². The lowest BCUT2D eigenvalue weighted by molar-refractivity contribution is 0.0557. The van der Waals surface area contributed by atoms with Crippen LogP contribution in [-0.4, -0.2) is 33.1 Å². The maximum atomic E-state index is 14.4. The summed E-state index contributed by atoms with van der Waals surface area (Å²) in [5.74, 6) is 0.420. The summed E-state index contributed by atoms with van der Waals surface area (Å²) in [6, 6.07) is 22.2. The number of alkyl halides is 2. The highest BCUT2D eigenvalue weighted by molar-refractivity contribution is 9.10. The van der Waals surface area contributed by atoms with Crippen molar-refractivity contribution >= 4 is 74.9 Å². The molecule has 0 unspecified atom stereocenters. The number of halogens is 5. The Kier molecular flexibility index (Phi) is 10.1. The quantitative estimate of drug-likeness (QED) is 0.106. The molecule has 0 atom stereocenters. The molecule has 1 heterocycles. The van der Waals surface area contributed by atoms with Crippen molar-refractivity contribution in [2.75, 3.05) is 12.0 Å². The van der Waals surface area contributed by atoms with E-state index in [2.05, 4.69) is 26.1 Å². The minimum atomic E-state index is -5.77. The minimum absolute atomic E-state index is 0.0899. The van der Waals surface area contributed by atoms with Gasteiger partial charge >= 0.3 is 19.2 Å². The highest BCUT2D eigenvalue weighted by Crippen LogP contribution is 2.60. The summed E-state index contributed by atoms with van der Waals surface area (Å²) >= 11 is 16.7. The van der Waals surface area contributed by atoms with Gasteiger partial charge in [0.1, 0.15) is 16.5 Å². The van der Waals surface area contributed by atoms with Crippen LogP contribution in [0, 0.1) is 0 Å². The third-order valence-corrected chi connectivity index (χ3v) is 9.86. The summed E-state index contributed by atoms with van der Waals surface area (Å²) in [4.78, 5) is 32.0. The van der Waals surface area contributed by atoms with Gasteiger partial charge in [0, 0.05) is 21.3 Å². The zero-order chi connectivity index (χ0) is 33.2. The molecule has 0 aliphatic rings. The number of hydrogen-bond acceptors (Lipinski definition) is 8. The fraction of sp³-hybridized carbons (Fsp3) is 0.100. The number of rotatable bonds is 10. The Morgan fingerprint density at radius 2 is 1.70 bits per heavy atom. The molecule has 238 valence electrons. The maximum Gasteiger partial charge on any atom is 0.399 e. The van der Waals surface area contributed by atoms with Crippen LogP contribution in [0.1, 0.15) is 21.5 Å². The van der Waals surface area contributed by atoms with Crippen molar-refractivity contribution in [1.29, 1.82) is 0 Å². The maximum absolute atomic E-state index is 14.4. The van der Waals surface area contributed by atoms with Crippen LogP contribution < -0.4 is 9.64 Å². The van der Waals surface area contributed by atoms with E-state index in [-0.39, 0.29) is 16.0 Å². The first-order chi connectivity index (χ1) is 21.8. The smallest absolute Gasteiger partial charge is 0.399 e. The number of methoxy groups -OCH3 is 1. The molecule has 0 aliphatic carbocycles. The third kappa shape index (κ3) is 7.42. The second kappa shape index (κ2) is 13.7. The molecule has 0 saturated carbocycles. The number of hydrogen-bond donors (Lipinski definition) is 2. The highest BCUT2D eigenvalue weighted by Gasteiger charge is 2.51. The van der Waals surface area contributed by atoms with E-state index in [1.54, 1.807) is 65.6 Å². The van der Waals surface area contributed by atoms with E-state index in [1.807, 2.05) is 6.07 Å². The Morgan fingerprint density at radius 3 is 2.37 bits per heavy atom. The van der Waals surface area contributed by atoms with Crippen LogP contribution in [0.5, 0.6) is 11.5 Å². The number of anilines is 2. The van der Waals surface area contributed by atoms with Gasteiger partial charge in [-0.25, -0.2) is 4.79 Å². The topological polar surface area (TPSA) is 122 Å². The second-order valence-corrected chi connectivity index (χ2v) is 13.9. The number of aromatic nitrogens is 2. The zero-order valence-electron chi connectivity index (χ0n) is 23.4. The van der Waals surface area contributed by atoms with Crippen molar-refractivity contribution in [3.63, 3.8) is 0 Å². The Balaban J connectivity index is 1.46. The lowest BCUT2D eigenvalue weighted by Gasteiger charge is -2.23. The van der Waals surface area contributed by atoms with Crippen molar-refractivity contribution in [3.05, 3.63) is 116 Å². The fourth-order valence-electron chi connectivity index (χ4n) is 4.24. The molecule has 0 saturated heterocycles. The molecule has 16 heteroatoms. The van der Waals surface area contributed by atoms with Crippen LogP contribution >= 0.6 is 58.1 Å². The number of benzene rings is 4. The lowest BCUT2D eigenvalue weighted by atomic mass is 10.1. The van der Waals surface area contributed by atoms with Crippen molar-refractivity contribution in [2.24, 2.45) is 0 Å². The second-order valence-electron chi connectivity index (χ2n) is 9.62. The Morgan fingerprint density at radius 1 is 0.978 bits per heavy atom. The number of ether oxygens (including phenoxy) is 2. The largest absolute Gasteiger partial charge is 0.465 e. The Hall–Kier alpha value is -3.42. The van der Waals surface area contributed by atoms with Crippen LogP contribution in [0.3, 0.4) is 0 Å². The van der Waals surface area contributed by atoms with Crippen LogP contribution in [-0.2, 0) is 21.5 Å². The van der Waals surface area contributed by atoms with E-state index in [0.717, 1.165) is 6.07 Å². The van der Waals surface area contributed by atoms with E-state index < -0.39 is 24.8 Å². The van der Waals surface area contributed by atoms with Crippen molar-refractivity contribution in [3.8, 4) is 22.1 Å². The Bertz CT molecular complexity index is 1980. The molecule has 46 heavy (non-hydrogen) atoms. The normalized spacial score (nSPS) is 11.7. The molecule has 5 rings (SSSR count). The molecule has 2 N–H and O–H groups in total. The molecule has 5 aromatic rings. The summed E-state index contributed by atoms with van der Waals surface area (Å²) in [7, 11) is -4.47. The molecule has 0 fully saturated rings. The summed E-state index contributed by atoms with van der Waals surface area (Å²) in [5.41, 5.74) is -3.13. The first-order valence-corrected chi connectivity index (χ1v) is 17.0. The van der Waals surface area contributed by atoms with Crippen LogP contribution in [0.4, 0.5) is 19.6 Å². The SMILES string of the molecule is COC(=O)c1cccc(Oc2cccc(-c3nnc(N(Cc4ccc(C(F)(F)P(=O)(O)O)c(Br)c4)c4ccc(Cl)c(Cl)c4)s3)c2)c1. The van der Waals surface area contributed by atoms with Crippen LogP contribution in [0.2, 0.25) is 10.0 Å². The van der Waals surface area contributed by atoms with Crippen LogP contribution in [0.25, 0.3) is 10.6 Å². The lowest BCUT2D eigenvalue weighted by Crippen LogP contribution is -2.18. The standard InChI is InChI=1S/C30H21BrCl2F2N3O6PS/c1-43-28(39)19-5-3-7-22(14-19)44-21-6-2-4-18(13-21)27-36-37-29(46-27)38(20-9-11-25(32)26(33)15-20)16-17-8-10-23(24(31)12-17)30(34,35)45(40,41)42/h2-15H,16H2,1H3,(H2,40,41,42). The van der Waals surface area contributed by atoms with Gasteiger partial charge in [0.25, 0.3) is 0 Å². The molecule has 0 aliphatic heterocycles. The first kappa shape index (κ1) is 33.9. The third-order valence-electron chi connectivity index (χ3n) is 6.50. The average molecular weight is 771 g/mol. The van der Waals surface area contributed by atoms with Gasteiger partial charge in [0.15, 0.2) is 0 Å². The molecule has 0 radical (unpaired) electrons. The summed E-state index contributed by atoms with van der Waals surface area (Å²) in [6.45, 7) is 0.0899. The van der Waals surface area contributed by atoms with Crippen molar-refractivity contribution < 1.29 is 37.4 Å². The molecule has 1 aromatic heterocycles. The molecular weight excluding hydrogens is 750 g/mol. The molecule has 0 spiro atoms. The van der Waals surface area contributed by atoms with Gasteiger partial charge in [-0.05, 0) is 60.2 Å². The van der Waals surface area contributed by atoms with Gasteiger partial charge in [0.2, 0.25) is 5.13 Å². The summed E-state index contributed by atoms with van der Waals surface area (Å²) in [6.07, 6.45) is 0. The van der Waals surface area contributed by atoms with Crippen molar-refractivity contribution in [1.82, 2.24) is 10.2 Å². The van der Waals surface area contributed by atoms with Gasteiger partial charge in [-0.1, -0.05) is 80.8 Å². The number of nitrogens with zero attached hydrogens (tertiary/aromatic N) is 3. The first-order valence-electron chi connectivity index (χ1n) is 13.0. The van der Waals surface area contributed by atoms with Crippen molar-refractivity contribution in [2.45, 2.75) is 12.2 Å². The van der Waals surface area contributed by atoms with E-state index in [0.29, 0.717) is 49.0 Å². The predicted octanol–water partition coefficient (Wildman–Crippen LogP) is 9.42. The predicted molar refractivity (Wildman–Crippen MR) is 176 cm³/mol. The molecule has 9 nitrogen and oxygen atoms in total. The van der Waals surface area contributed by atoms with Crippen LogP contribution in [0.15, 0.2) is 89.4 Å². The molecule has 0 amide bonds. The van der Waals surface area contributed by atoms with Gasteiger partial charge in [-0.15, -0.1) is 10.2 Å². The Labute approximate surface area is 283 Å². The molecular formula is C30H21BrCl2F2N3O6PS. The van der Waals surface area contributed by atoms with Gasteiger partial charge < -0.3 is 24.2 Å². The van der Waals surface area contributed by atoms with E-state index >= 15 is 0 Å². The number of carbonyl (C=O) groups is 1. The van der Waals surface area contributed by atoms with Gasteiger partial charge in [0.05, 0.1) is 29.3 Å². The highest BCUT2D eigenvalue weighted by atomic mass is 79.9. The number of carbonyl (C=O) groups excluding carboxylic acids is 1.